The second kappa shape index (κ2) is 26.7. The molecule has 1 fully saturated rings. The van der Waals surface area contributed by atoms with Gasteiger partial charge >= 0.3 is 18.1 Å². The van der Waals surface area contributed by atoms with Gasteiger partial charge in [0, 0.05) is 56.6 Å². The number of benzene rings is 2. The third-order valence-corrected chi connectivity index (χ3v) is 12.7. The van der Waals surface area contributed by atoms with Crippen LogP contribution in [0, 0.1) is 22.0 Å². The van der Waals surface area contributed by atoms with E-state index in [1.165, 1.54) is 68.9 Å². The molecule has 2 aromatic carbocycles. The van der Waals surface area contributed by atoms with Crippen molar-refractivity contribution in [2.24, 2.45) is 11.8 Å². The number of esters is 2. The van der Waals surface area contributed by atoms with Crippen molar-refractivity contribution in [3.8, 4) is 5.75 Å². The molecule has 20 nitrogen and oxygen atoms in total. The van der Waals surface area contributed by atoms with Gasteiger partial charge in [0.05, 0.1) is 11.5 Å². The highest BCUT2D eigenvalue weighted by Crippen LogP contribution is 2.28. The molecule has 2 N–H and O–H groups in total. The largest absolute Gasteiger partial charge is 0.514 e. The minimum atomic E-state index is -1.21. The van der Waals surface area contributed by atoms with E-state index in [9.17, 15) is 48.5 Å². The van der Waals surface area contributed by atoms with Crippen LogP contribution in [0.2, 0.25) is 0 Å². The predicted octanol–water partition coefficient (Wildman–Crippen LogP) is 5.46. The minimum Gasteiger partial charge on any atom is -0.456 e. The van der Waals surface area contributed by atoms with E-state index < -0.39 is 119 Å². The molecule has 3 rings (SSSR count). The van der Waals surface area contributed by atoms with Crippen LogP contribution >= 0.6 is 0 Å². The highest BCUT2D eigenvalue weighted by atomic mass is 16.7. The Morgan fingerprint density at radius 1 is 0.915 bits per heavy atom. The van der Waals surface area contributed by atoms with Crippen molar-refractivity contribution in [2.75, 3.05) is 20.6 Å². The summed E-state index contributed by atoms with van der Waals surface area (Å²) in [7, 11) is 2.84. The van der Waals surface area contributed by atoms with E-state index in [2.05, 4.69) is 17.2 Å². The topological polar surface area (TPSA) is 250 Å². The Kier molecular flexibility index (Phi) is 21.9. The molecule has 1 heterocycles. The molecule has 2 unspecified atom stereocenters. The third-order valence-electron chi connectivity index (χ3n) is 12.7. The van der Waals surface area contributed by atoms with E-state index in [1.54, 1.807) is 78.0 Å². The summed E-state index contributed by atoms with van der Waals surface area (Å²) in [5.41, 5.74) is 1.28. The summed E-state index contributed by atoms with van der Waals surface area (Å²) in [6, 6.07) is 8.79. The Morgan fingerprint density at radius 2 is 1.54 bits per heavy atom. The van der Waals surface area contributed by atoms with E-state index in [0.717, 1.165) is 10.5 Å². The zero-order chi connectivity index (χ0) is 53.4. The predicted molar refractivity (Wildman–Crippen MR) is 261 cm³/mol. The van der Waals surface area contributed by atoms with Crippen LogP contribution < -0.4 is 15.4 Å². The number of nitrogens with one attached hydrogen (secondary N) is 2. The first-order valence-electron chi connectivity index (χ1n) is 23.7. The molecule has 0 aromatic heterocycles. The maximum atomic E-state index is 14.3. The van der Waals surface area contributed by atoms with Crippen LogP contribution in [-0.4, -0.2) is 136 Å². The summed E-state index contributed by atoms with van der Waals surface area (Å²) in [6.45, 7) is 19.7. The standard InChI is InChI=1S/C51H70N6O14/c1-14-30(6)43(45(59)52-34(10)50(64)71-44(31(7)15-2)33(9)40(16-3)70-51(65)68-38-24-22-37(23-25-38)57(66)67)53-42(58)28-54(12)47(61)39(27-36-20-18-17-19-21-36)55(13)46(60)35(11)56-32(8)26-41(48(56)62)69-49(63)29(4)5/h15,17-25,30,32-35,39-41,43-44H,4,14,16,26-28H2,1-3,5-13H3,(H,52,59)(H,53,58)/b31-15+/t30?,32?,33-,34+,35-,39+,40-,41+,43-,44+/m0/s1. The highest BCUT2D eigenvalue weighted by molar-refractivity contribution is 5.97. The molecule has 1 saturated heterocycles. The molecule has 2 aromatic rings. The molecule has 20 heteroatoms. The lowest BCUT2D eigenvalue weighted by Gasteiger charge is -2.36. The van der Waals surface area contributed by atoms with Gasteiger partial charge in [0.25, 0.3) is 11.6 Å². The van der Waals surface area contributed by atoms with Crippen LogP contribution in [0.25, 0.3) is 0 Å². The van der Waals surface area contributed by atoms with Gasteiger partial charge in [-0.3, -0.25) is 34.1 Å². The molecule has 71 heavy (non-hydrogen) atoms. The number of ether oxygens (including phenoxy) is 4. The second-order valence-corrected chi connectivity index (χ2v) is 18.1. The number of carbonyl (C=O) groups is 8. The van der Waals surface area contributed by atoms with E-state index in [1.807, 2.05) is 6.92 Å². The summed E-state index contributed by atoms with van der Waals surface area (Å²) in [6.07, 6.45) is -1.21. The Morgan fingerprint density at radius 3 is 2.08 bits per heavy atom. The molecule has 5 amide bonds. The van der Waals surface area contributed by atoms with Crippen LogP contribution in [0.15, 0.2) is 78.4 Å². The average Bonchev–Trinajstić information content (AvgIpc) is 3.62. The van der Waals surface area contributed by atoms with Crippen LogP contribution in [0.1, 0.15) is 94.1 Å². The fraction of sp³-hybridized carbons (Fsp3) is 0.529. The number of nitro benzene ring substituents is 1. The van der Waals surface area contributed by atoms with Crippen molar-refractivity contribution in [1.29, 1.82) is 0 Å². The van der Waals surface area contributed by atoms with E-state index in [4.69, 9.17) is 18.9 Å². The highest BCUT2D eigenvalue weighted by Gasteiger charge is 2.45. The van der Waals surface area contributed by atoms with Gasteiger partial charge in [-0.05, 0) is 77.2 Å². The van der Waals surface area contributed by atoms with Crippen molar-refractivity contribution < 1.29 is 62.2 Å². The maximum Gasteiger partial charge on any atom is 0.514 e. The smallest absolute Gasteiger partial charge is 0.456 e. The van der Waals surface area contributed by atoms with E-state index >= 15 is 0 Å². The Hall–Kier alpha value is -7.12. The molecular weight excluding hydrogens is 921 g/mol. The van der Waals surface area contributed by atoms with Gasteiger partial charge in [0.2, 0.25) is 23.6 Å². The number of rotatable bonds is 24. The summed E-state index contributed by atoms with van der Waals surface area (Å²) >= 11 is 0. The van der Waals surface area contributed by atoms with Gasteiger partial charge in [0.15, 0.2) is 6.10 Å². The number of likely N-dealkylation sites (N-methyl/N-ethyl adjacent to an activating group) is 2. The summed E-state index contributed by atoms with van der Waals surface area (Å²) in [4.78, 5) is 122. The fourth-order valence-corrected chi connectivity index (χ4v) is 8.08. The SMILES string of the molecule is C=C(C)C(=O)O[C@@H]1CC(C)N([C@@H](C)C(=O)N(C)[C@H](Cc2ccccc2)C(=O)N(C)CC(=O)N[C@H](C(=O)N[C@H](C)C(=O)O[C@H](/C(C)=C/C)[C@@H](C)[C@H](CC)OC(=O)Oc2ccc([N+](=O)[O-])cc2)C(C)CC)C1=O. The van der Waals surface area contributed by atoms with Crippen molar-refractivity contribution in [3.63, 3.8) is 0 Å². The van der Waals surface area contributed by atoms with Gasteiger partial charge in [-0.15, -0.1) is 0 Å². The summed E-state index contributed by atoms with van der Waals surface area (Å²) < 4.78 is 22.1. The van der Waals surface area contributed by atoms with E-state index in [-0.39, 0.29) is 29.9 Å². The molecule has 0 radical (unpaired) electrons. The van der Waals surface area contributed by atoms with Crippen LogP contribution in [0.5, 0.6) is 5.75 Å². The van der Waals surface area contributed by atoms with Crippen molar-refractivity contribution >= 4 is 53.3 Å². The van der Waals surface area contributed by atoms with Crippen molar-refractivity contribution in [2.45, 2.75) is 143 Å². The van der Waals surface area contributed by atoms with Crippen LogP contribution in [0.3, 0.4) is 0 Å². The number of hydrogen-bond donors (Lipinski definition) is 2. The first kappa shape index (κ1) is 58.2. The average molecular weight is 991 g/mol. The van der Waals surface area contributed by atoms with Crippen LogP contribution in [-0.2, 0) is 54.2 Å². The zero-order valence-corrected chi connectivity index (χ0v) is 42.8. The van der Waals surface area contributed by atoms with Crippen LogP contribution in [0.4, 0.5) is 10.5 Å². The van der Waals surface area contributed by atoms with Gasteiger partial charge in [-0.1, -0.05) is 77.1 Å². The molecule has 388 valence electrons. The molecule has 1 aliphatic heterocycles. The third kappa shape index (κ3) is 15.9. The fourth-order valence-electron chi connectivity index (χ4n) is 8.08. The number of non-ortho nitro benzene ring substituents is 1. The monoisotopic (exact) mass is 990 g/mol. The molecule has 0 bridgehead atoms. The van der Waals surface area contributed by atoms with Gasteiger partial charge in [0.1, 0.15) is 42.1 Å². The number of nitrogens with zero attached hydrogens (tertiary/aromatic N) is 4. The number of carbonyl (C=O) groups excluding carboxylic acids is 8. The quantitative estimate of drug-likeness (QED) is 0.0252. The Balaban J connectivity index is 1.72. The molecule has 10 atom stereocenters. The first-order valence-corrected chi connectivity index (χ1v) is 23.7. The first-order chi connectivity index (χ1) is 33.4. The number of nitro groups is 1. The van der Waals surface area contributed by atoms with Gasteiger partial charge in [-0.25, -0.2) is 14.4 Å². The summed E-state index contributed by atoms with van der Waals surface area (Å²) in [5, 5.41) is 16.4. The minimum absolute atomic E-state index is 0.0251. The Bertz CT molecular complexity index is 2290. The van der Waals surface area contributed by atoms with Gasteiger partial charge in [-0.2, -0.15) is 0 Å². The lowest BCUT2D eigenvalue weighted by Crippen LogP contribution is -2.58. The molecule has 1 aliphatic rings. The molecule has 0 aliphatic carbocycles. The van der Waals surface area contributed by atoms with Gasteiger partial charge < -0.3 is 44.3 Å². The second-order valence-electron chi connectivity index (χ2n) is 18.1. The normalized spacial score (nSPS) is 17.9. The van der Waals surface area contributed by atoms with Crippen molar-refractivity contribution in [3.05, 3.63) is 94.1 Å². The Labute approximate surface area is 415 Å². The lowest BCUT2D eigenvalue weighted by atomic mass is 9.91. The maximum absolute atomic E-state index is 14.3. The number of hydrogen-bond acceptors (Lipinski definition) is 14. The lowest BCUT2D eigenvalue weighted by molar-refractivity contribution is -0.384. The number of likely N-dealkylation sites (tertiary alicyclic amines) is 1. The number of allylic oxidation sites excluding steroid dienone is 1. The van der Waals surface area contributed by atoms with E-state index in [0.29, 0.717) is 18.4 Å². The zero-order valence-electron chi connectivity index (χ0n) is 42.8. The summed E-state index contributed by atoms with van der Waals surface area (Å²) in [5.74, 6) is -5.66. The molecular formula is C51H70N6O14. The molecule has 0 spiro atoms. The molecule has 0 saturated carbocycles. The number of amides is 5. The van der Waals surface area contributed by atoms with Crippen molar-refractivity contribution in [1.82, 2.24) is 25.3 Å².